The predicted octanol–water partition coefficient (Wildman–Crippen LogP) is 6.85. The summed E-state index contributed by atoms with van der Waals surface area (Å²) in [6.45, 7) is 2.10. The lowest BCUT2D eigenvalue weighted by Crippen LogP contribution is -1.96. The summed E-state index contributed by atoms with van der Waals surface area (Å²) in [5.41, 5.74) is 8.42. The van der Waals surface area contributed by atoms with Crippen molar-refractivity contribution in [2.24, 2.45) is 0 Å². The number of rotatable bonds is 4. The summed E-state index contributed by atoms with van der Waals surface area (Å²) in [5, 5.41) is 0. The highest BCUT2D eigenvalue weighted by atomic mass is 14.9. The zero-order valence-electron chi connectivity index (χ0n) is 17.2. The molecule has 0 amide bonds. The van der Waals surface area contributed by atoms with Crippen LogP contribution in [0.1, 0.15) is 5.56 Å². The fraction of sp³-hybridized carbons (Fsp3) is 0.0357. The van der Waals surface area contributed by atoms with E-state index in [1.54, 1.807) is 6.20 Å². The van der Waals surface area contributed by atoms with Crippen molar-refractivity contribution >= 4 is 0 Å². The Morgan fingerprint density at radius 2 is 1.19 bits per heavy atom. The van der Waals surface area contributed by atoms with Crippen LogP contribution < -0.4 is 0 Å². The third-order valence-electron chi connectivity index (χ3n) is 5.25. The molecule has 0 saturated heterocycles. The third kappa shape index (κ3) is 4.12. The number of nitrogens with zero attached hydrogens (tertiary/aromatic N) is 3. The SMILES string of the molecule is Cc1cccc(-c2cc(-c3ccc(-c4cccnc4)cc3)nc(-c3ccccc3)n2)c1. The maximum absolute atomic E-state index is 4.90. The van der Waals surface area contributed by atoms with Gasteiger partial charge in [0.2, 0.25) is 0 Å². The van der Waals surface area contributed by atoms with Crippen molar-refractivity contribution in [3.63, 3.8) is 0 Å². The minimum atomic E-state index is 0.728. The molecule has 5 aromatic rings. The quantitative estimate of drug-likeness (QED) is 0.332. The highest BCUT2D eigenvalue weighted by molar-refractivity contribution is 5.74. The third-order valence-corrected chi connectivity index (χ3v) is 5.25. The number of aromatic nitrogens is 3. The lowest BCUT2D eigenvalue weighted by molar-refractivity contribution is 1.18. The van der Waals surface area contributed by atoms with Crippen molar-refractivity contribution in [2.75, 3.05) is 0 Å². The Labute approximate surface area is 182 Å². The van der Waals surface area contributed by atoms with E-state index in [1.807, 2.05) is 42.6 Å². The molecule has 148 valence electrons. The summed E-state index contributed by atoms with van der Waals surface area (Å²) in [4.78, 5) is 14.0. The van der Waals surface area contributed by atoms with Crippen LogP contribution in [0.5, 0.6) is 0 Å². The first-order valence-electron chi connectivity index (χ1n) is 10.3. The second kappa shape index (κ2) is 8.33. The first-order chi connectivity index (χ1) is 15.3. The molecular weight excluding hydrogens is 378 g/mol. The number of hydrogen-bond donors (Lipinski definition) is 0. The van der Waals surface area contributed by atoms with Crippen LogP contribution >= 0.6 is 0 Å². The fourth-order valence-corrected chi connectivity index (χ4v) is 3.63. The topological polar surface area (TPSA) is 38.7 Å². The highest BCUT2D eigenvalue weighted by Gasteiger charge is 2.11. The van der Waals surface area contributed by atoms with E-state index in [0.29, 0.717) is 0 Å². The van der Waals surface area contributed by atoms with Gasteiger partial charge in [-0.05, 0) is 36.2 Å². The van der Waals surface area contributed by atoms with E-state index < -0.39 is 0 Å². The van der Waals surface area contributed by atoms with Gasteiger partial charge in [-0.1, -0.05) is 84.4 Å². The molecule has 2 aromatic heterocycles. The molecule has 0 N–H and O–H groups in total. The minimum Gasteiger partial charge on any atom is -0.264 e. The Balaban J connectivity index is 1.61. The van der Waals surface area contributed by atoms with Crippen molar-refractivity contribution in [3.8, 4) is 45.0 Å². The van der Waals surface area contributed by atoms with Gasteiger partial charge in [-0.15, -0.1) is 0 Å². The van der Waals surface area contributed by atoms with E-state index in [9.17, 15) is 0 Å². The van der Waals surface area contributed by atoms with Crippen molar-refractivity contribution in [2.45, 2.75) is 6.92 Å². The molecule has 0 aliphatic rings. The number of aryl methyl sites for hydroxylation is 1. The molecule has 0 bridgehead atoms. The van der Waals surface area contributed by atoms with Crippen LogP contribution in [0.2, 0.25) is 0 Å². The first kappa shape index (κ1) is 18.9. The van der Waals surface area contributed by atoms with E-state index >= 15 is 0 Å². The molecule has 0 radical (unpaired) electrons. The molecule has 0 aliphatic carbocycles. The van der Waals surface area contributed by atoms with E-state index in [4.69, 9.17) is 9.97 Å². The average molecular weight is 399 g/mol. The predicted molar refractivity (Wildman–Crippen MR) is 126 cm³/mol. The first-order valence-corrected chi connectivity index (χ1v) is 10.3. The molecule has 2 heterocycles. The van der Waals surface area contributed by atoms with Gasteiger partial charge >= 0.3 is 0 Å². The van der Waals surface area contributed by atoms with E-state index in [1.165, 1.54) is 5.56 Å². The lowest BCUT2D eigenvalue weighted by Gasteiger charge is -2.10. The van der Waals surface area contributed by atoms with Gasteiger partial charge in [-0.3, -0.25) is 4.98 Å². The van der Waals surface area contributed by atoms with Crippen LogP contribution in [0.3, 0.4) is 0 Å². The lowest BCUT2D eigenvalue weighted by atomic mass is 10.0. The van der Waals surface area contributed by atoms with Gasteiger partial charge < -0.3 is 0 Å². The second-order valence-corrected chi connectivity index (χ2v) is 7.52. The molecule has 0 saturated carbocycles. The van der Waals surface area contributed by atoms with E-state index in [2.05, 4.69) is 72.6 Å². The van der Waals surface area contributed by atoms with Crippen molar-refractivity contribution in [3.05, 3.63) is 115 Å². The molecule has 0 aliphatic heterocycles. The molecule has 3 heteroatoms. The van der Waals surface area contributed by atoms with E-state index in [-0.39, 0.29) is 0 Å². The Morgan fingerprint density at radius 3 is 1.90 bits per heavy atom. The Hall–Kier alpha value is -4.11. The van der Waals surface area contributed by atoms with Gasteiger partial charge in [-0.2, -0.15) is 0 Å². The molecule has 3 aromatic carbocycles. The van der Waals surface area contributed by atoms with Gasteiger partial charge in [0, 0.05) is 29.1 Å². The summed E-state index contributed by atoms with van der Waals surface area (Å²) in [7, 11) is 0. The summed E-state index contributed by atoms with van der Waals surface area (Å²) in [5.74, 6) is 0.728. The second-order valence-electron chi connectivity index (χ2n) is 7.52. The molecule has 0 fully saturated rings. The average Bonchev–Trinajstić information content (AvgIpc) is 2.85. The van der Waals surface area contributed by atoms with Crippen LogP contribution in [0.25, 0.3) is 45.0 Å². The van der Waals surface area contributed by atoms with Crippen LogP contribution in [-0.4, -0.2) is 15.0 Å². The summed E-state index contributed by atoms with van der Waals surface area (Å²) in [6.07, 6.45) is 3.67. The molecule has 3 nitrogen and oxygen atoms in total. The molecular formula is C28H21N3. The van der Waals surface area contributed by atoms with Gasteiger partial charge in [-0.25, -0.2) is 9.97 Å². The van der Waals surface area contributed by atoms with Crippen molar-refractivity contribution in [1.29, 1.82) is 0 Å². The summed E-state index contributed by atoms with van der Waals surface area (Å²) >= 11 is 0. The molecule has 0 unspecified atom stereocenters. The molecule has 5 rings (SSSR count). The zero-order chi connectivity index (χ0) is 21.0. The Bertz CT molecular complexity index is 1310. The largest absolute Gasteiger partial charge is 0.264 e. The summed E-state index contributed by atoms with van der Waals surface area (Å²) < 4.78 is 0. The summed E-state index contributed by atoms with van der Waals surface area (Å²) in [6, 6.07) is 33.1. The van der Waals surface area contributed by atoms with Crippen LogP contribution in [0.15, 0.2) is 109 Å². The normalized spacial score (nSPS) is 10.7. The van der Waals surface area contributed by atoms with Gasteiger partial charge in [0.15, 0.2) is 5.82 Å². The van der Waals surface area contributed by atoms with Crippen LogP contribution in [-0.2, 0) is 0 Å². The number of pyridine rings is 1. The van der Waals surface area contributed by atoms with Gasteiger partial charge in [0.05, 0.1) is 11.4 Å². The van der Waals surface area contributed by atoms with Crippen molar-refractivity contribution < 1.29 is 0 Å². The zero-order valence-corrected chi connectivity index (χ0v) is 17.2. The van der Waals surface area contributed by atoms with Crippen LogP contribution in [0, 0.1) is 6.92 Å². The smallest absolute Gasteiger partial charge is 0.160 e. The minimum absolute atomic E-state index is 0.728. The molecule has 31 heavy (non-hydrogen) atoms. The van der Waals surface area contributed by atoms with Crippen molar-refractivity contribution in [1.82, 2.24) is 15.0 Å². The van der Waals surface area contributed by atoms with E-state index in [0.717, 1.165) is 45.0 Å². The monoisotopic (exact) mass is 399 g/mol. The number of hydrogen-bond acceptors (Lipinski definition) is 3. The highest BCUT2D eigenvalue weighted by Crippen LogP contribution is 2.29. The van der Waals surface area contributed by atoms with Gasteiger partial charge in [0.25, 0.3) is 0 Å². The Kier molecular flexibility index (Phi) is 5.07. The molecule has 0 spiro atoms. The Morgan fingerprint density at radius 1 is 0.516 bits per heavy atom. The fourth-order valence-electron chi connectivity index (χ4n) is 3.63. The maximum Gasteiger partial charge on any atom is 0.160 e. The molecule has 0 atom stereocenters. The van der Waals surface area contributed by atoms with Gasteiger partial charge in [0.1, 0.15) is 0 Å². The van der Waals surface area contributed by atoms with Crippen LogP contribution in [0.4, 0.5) is 0 Å². The number of benzene rings is 3. The standard InChI is InChI=1S/C28H21N3/c1-20-7-5-10-24(17-20)27-18-26(30-28(31-27)23-8-3-2-4-9-23)22-14-12-21(13-15-22)25-11-6-16-29-19-25/h2-19H,1H3. The maximum atomic E-state index is 4.90.